The van der Waals surface area contributed by atoms with Gasteiger partial charge in [0.05, 0.1) is 0 Å². The van der Waals surface area contributed by atoms with E-state index >= 15 is 0 Å². The summed E-state index contributed by atoms with van der Waals surface area (Å²) in [6.45, 7) is 5.05. The Morgan fingerprint density at radius 3 is 2.50 bits per heavy atom. The van der Waals surface area contributed by atoms with Crippen molar-refractivity contribution in [1.82, 2.24) is 9.44 Å². The van der Waals surface area contributed by atoms with Crippen molar-refractivity contribution in [2.45, 2.75) is 26.9 Å². The zero-order chi connectivity index (χ0) is 13.6. The fourth-order valence-electron chi connectivity index (χ4n) is 1.37. The fourth-order valence-corrected chi connectivity index (χ4v) is 2.38. The van der Waals surface area contributed by atoms with Gasteiger partial charge in [0.1, 0.15) is 0 Å². The van der Waals surface area contributed by atoms with Crippen LogP contribution in [0.1, 0.15) is 25.0 Å². The second-order valence-electron chi connectivity index (χ2n) is 4.59. The minimum atomic E-state index is -3.43. The van der Waals surface area contributed by atoms with Gasteiger partial charge in [-0.2, -0.15) is 13.1 Å². The van der Waals surface area contributed by atoms with E-state index in [0.717, 1.165) is 11.1 Å². The summed E-state index contributed by atoms with van der Waals surface area (Å²) < 4.78 is 28.2. The molecule has 5 nitrogen and oxygen atoms in total. The Bertz CT molecular complexity index is 472. The molecule has 0 saturated heterocycles. The summed E-state index contributed by atoms with van der Waals surface area (Å²) in [7, 11) is -3.43. The Kier molecular flexibility index (Phi) is 5.74. The highest BCUT2D eigenvalue weighted by molar-refractivity contribution is 7.87. The average Bonchev–Trinajstić information content (AvgIpc) is 2.35. The number of nitrogens with two attached hydrogens (primary N) is 1. The van der Waals surface area contributed by atoms with E-state index in [9.17, 15) is 8.42 Å². The lowest BCUT2D eigenvalue weighted by atomic mass is 10.1. The van der Waals surface area contributed by atoms with Crippen LogP contribution in [0.2, 0.25) is 0 Å². The predicted molar refractivity (Wildman–Crippen MR) is 72.9 cm³/mol. The fraction of sp³-hybridized carbons (Fsp3) is 0.500. The van der Waals surface area contributed by atoms with Crippen LogP contribution in [0, 0.1) is 5.92 Å². The summed E-state index contributed by atoms with van der Waals surface area (Å²) in [4.78, 5) is 0. The Morgan fingerprint density at radius 1 is 1.22 bits per heavy atom. The molecule has 0 saturated carbocycles. The van der Waals surface area contributed by atoms with Gasteiger partial charge in [-0.15, -0.1) is 0 Å². The standard InChI is InChI=1S/C12H21N3O2S/c1-10(2)8-14-18(16,17)15-9-12-5-3-4-11(6-12)7-13/h3-6,10,14-15H,7-9,13H2,1-2H3. The van der Waals surface area contributed by atoms with Gasteiger partial charge in [-0.1, -0.05) is 38.1 Å². The Hall–Kier alpha value is -0.950. The van der Waals surface area contributed by atoms with E-state index < -0.39 is 10.2 Å². The largest absolute Gasteiger partial charge is 0.326 e. The molecular weight excluding hydrogens is 250 g/mol. The lowest BCUT2D eigenvalue weighted by Crippen LogP contribution is -2.37. The van der Waals surface area contributed by atoms with Gasteiger partial charge in [0.25, 0.3) is 10.2 Å². The molecule has 0 bridgehead atoms. The summed E-state index contributed by atoms with van der Waals surface area (Å²) in [5.41, 5.74) is 7.41. The number of benzene rings is 1. The molecule has 0 atom stereocenters. The van der Waals surface area contributed by atoms with Gasteiger partial charge in [-0.05, 0) is 17.0 Å². The van der Waals surface area contributed by atoms with Gasteiger partial charge in [0.15, 0.2) is 0 Å². The minimum Gasteiger partial charge on any atom is -0.326 e. The molecular formula is C12H21N3O2S. The van der Waals surface area contributed by atoms with E-state index in [0.29, 0.717) is 13.1 Å². The van der Waals surface area contributed by atoms with E-state index in [1.165, 1.54) is 0 Å². The minimum absolute atomic E-state index is 0.265. The first-order chi connectivity index (χ1) is 8.43. The number of hydrogen-bond donors (Lipinski definition) is 3. The van der Waals surface area contributed by atoms with Crippen molar-refractivity contribution in [2.75, 3.05) is 6.54 Å². The van der Waals surface area contributed by atoms with Crippen LogP contribution in [-0.4, -0.2) is 15.0 Å². The summed E-state index contributed by atoms with van der Waals surface area (Å²) in [5, 5.41) is 0. The molecule has 0 fully saturated rings. The molecule has 0 spiro atoms. The Balaban J connectivity index is 2.53. The lowest BCUT2D eigenvalue weighted by molar-refractivity contribution is 0.547. The molecule has 4 N–H and O–H groups in total. The van der Waals surface area contributed by atoms with Crippen LogP contribution in [0.3, 0.4) is 0 Å². The van der Waals surface area contributed by atoms with Crippen molar-refractivity contribution < 1.29 is 8.42 Å². The maximum atomic E-state index is 11.6. The Morgan fingerprint density at radius 2 is 1.89 bits per heavy atom. The predicted octanol–water partition coefficient (Wildman–Crippen LogP) is 0.725. The lowest BCUT2D eigenvalue weighted by Gasteiger charge is -2.10. The summed E-state index contributed by atoms with van der Waals surface area (Å²) in [5.74, 6) is 0.280. The highest BCUT2D eigenvalue weighted by Gasteiger charge is 2.09. The van der Waals surface area contributed by atoms with Crippen LogP contribution < -0.4 is 15.2 Å². The first-order valence-corrected chi connectivity index (χ1v) is 7.43. The second-order valence-corrected chi connectivity index (χ2v) is 6.18. The number of hydrogen-bond acceptors (Lipinski definition) is 3. The van der Waals surface area contributed by atoms with Crippen LogP contribution in [0.5, 0.6) is 0 Å². The maximum Gasteiger partial charge on any atom is 0.277 e. The molecule has 18 heavy (non-hydrogen) atoms. The first kappa shape index (κ1) is 15.1. The summed E-state index contributed by atoms with van der Waals surface area (Å²) >= 11 is 0. The van der Waals surface area contributed by atoms with Gasteiger partial charge in [0.2, 0.25) is 0 Å². The molecule has 1 rings (SSSR count). The third-order valence-corrected chi connectivity index (χ3v) is 3.45. The van der Waals surface area contributed by atoms with Gasteiger partial charge in [-0.25, -0.2) is 4.72 Å². The molecule has 1 aromatic carbocycles. The van der Waals surface area contributed by atoms with E-state index in [1.807, 2.05) is 38.1 Å². The first-order valence-electron chi connectivity index (χ1n) is 5.95. The highest BCUT2D eigenvalue weighted by Crippen LogP contribution is 2.04. The molecule has 0 amide bonds. The van der Waals surface area contributed by atoms with Crippen molar-refractivity contribution in [3.05, 3.63) is 35.4 Å². The van der Waals surface area contributed by atoms with E-state index in [4.69, 9.17) is 5.73 Å². The van der Waals surface area contributed by atoms with Crippen LogP contribution in [0.25, 0.3) is 0 Å². The molecule has 0 aliphatic rings. The molecule has 0 aromatic heterocycles. The monoisotopic (exact) mass is 271 g/mol. The summed E-state index contributed by atoms with van der Waals surface area (Å²) in [6.07, 6.45) is 0. The zero-order valence-corrected chi connectivity index (χ0v) is 11.6. The smallest absolute Gasteiger partial charge is 0.277 e. The second kappa shape index (κ2) is 6.84. The molecule has 0 aliphatic heterocycles. The molecule has 6 heteroatoms. The van der Waals surface area contributed by atoms with Crippen molar-refractivity contribution in [2.24, 2.45) is 11.7 Å². The molecule has 0 heterocycles. The zero-order valence-electron chi connectivity index (χ0n) is 10.8. The van der Waals surface area contributed by atoms with Gasteiger partial charge in [-0.3, -0.25) is 0 Å². The normalized spacial score (nSPS) is 12.0. The summed E-state index contributed by atoms with van der Waals surface area (Å²) in [6, 6.07) is 7.54. The van der Waals surface area contributed by atoms with Crippen LogP contribution in [-0.2, 0) is 23.3 Å². The SMILES string of the molecule is CC(C)CNS(=O)(=O)NCc1cccc(CN)c1. The topological polar surface area (TPSA) is 84.2 Å². The number of rotatable bonds is 7. The molecule has 1 aromatic rings. The van der Waals surface area contributed by atoms with Crippen LogP contribution in [0.15, 0.2) is 24.3 Å². The molecule has 102 valence electrons. The van der Waals surface area contributed by atoms with E-state index in [2.05, 4.69) is 9.44 Å². The van der Waals surface area contributed by atoms with Crippen molar-refractivity contribution in [1.29, 1.82) is 0 Å². The molecule has 0 unspecified atom stereocenters. The van der Waals surface area contributed by atoms with Crippen molar-refractivity contribution in [3.8, 4) is 0 Å². The molecule has 0 radical (unpaired) electrons. The van der Waals surface area contributed by atoms with E-state index in [1.54, 1.807) is 0 Å². The molecule has 0 aliphatic carbocycles. The van der Waals surface area contributed by atoms with Crippen molar-refractivity contribution in [3.63, 3.8) is 0 Å². The van der Waals surface area contributed by atoms with Gasteiger partial charge >= 0.3 is 0 Å². The average molecular weight is 271 g/mol. The highest BCUT2D eigenvalue weighted by atomic mass is 32.2. The quantitative estimate of drug-likeness (QED) is 0.683. The van der Waals surface area contributed by atoms with Crippen molar-refractivity contribution >= 4 is 10.2 Å². The van der Waals surface area contributed by atoms with Gasteiger partial charge in [0, 0.05) is 19.6 Å². The van der Waals surface area contributed by atoms with Crippen LogP contribution >= 0.6 is 0 Å². The number of nitrogens with one attached hydrogen (secondary N) is 2. The Labute approximate surface area is 109 Å². The van der Waals surface area contributed by atoms with Crippen LogP contribution in [0.4, 0.5) is 0 Å². The maximum absolute atomic E-state index is 11.6. The van der Waals surface area contributed by atoms with E-state index in [-0.39, 0.29) is 12.5 Å². The third kappa shape index (κ3) is 5.59. The van der Waals surface area contributed by atoms with Gasteiger partial charge < -0.3 is 5.73 Å². The third-order valence-electron chi connectivity index (χ3n) is 2.38.